The monoisotopic (exact) mass is 426 g/mol. The predicted octanol–water partition coefficient (Wildman–Crippen LogP) is 9.79. The Kier molecular flexibility index (Phi) is 10.8. The molecule has 0 bridgehead atoms. The molecule has 0 aromatic heterocycles. The number of hydrogen-bond acceptors (Lipinski definition) is 1. The molecule has 3 rings (SSSR count). The van der Waals surface area contributed by atoms with Crippen LogP contribution in [-0.2, 0) is 0 Å². The lowest BCUT2D eigenvalue weighted by Gasteiger charge is -2.34. The predicted molar refractivity (Wildman–Crippen MR) is 135 cm³/mol. The van der Waals surface area contributed by atoms with E-state index in [0.29, 0.717) is 0 Å². The van der Waals surface area contributed by atoms with E-state index in [0.717, 1.165) is 42.4 Å². The highest BCUT2D eigenvalue weighted by atomic mass is 16.5. The lowest BCUT2D eigenvalue weighted by atomic mass is 9.71. The van der Waals surface area contributed by atoms with Crippen LogP contribution in [0.15, 0.2) is 18.2 Å². The second-order valence-electron chi connectivity index (χ2n) is 10.7. The first-order valence-electron chi connectivity index (χ1n) is 14.0. The summed E-state index contributed by atoms with van der Waals surface area (Å²) in [6, 6.07) is 7.19. The minimum Gasteiger partial charge on any atom is -0.494 e. The molecule has 176 valence electrons. The largest absolute Gasteiger partial charge is 0.494 e. The molecule has 2 saturated carbocycles. The maximum atomic E-state index is 6.08. The van der Waals surface area contributed by atoms with Crippen LogP contribution in [0.1, 0.15) is 146 Å². The van der Waals surface area contributed by atoms with Crippen molar-refractivity contribution in [2.75, 3.05) is 6.61 Å². The smallest absolute Gasteiger partial charge is 0.119 e. The fourth-order valence-corrected chi connectivity index (χ4v) is 6.29. The molecule has 0 unspecified atom stereocenters. The standard InChI is InChI=1S/C30H50O/c1-4-7-9-11-25-12-16-26(17-13-25)29-21-20-28(31-22-6-3)23-30(29)27-18-14-24(15-19-27)10-8-5-2/h20-21,23-27H,4-19,22H2,1-3H3. The van der Waals surface area contributed by atoms with Gasteiger partial charge in [0.1, 0.15) is 5.75 Å². The Labute approximate surface area is 193 Å². The van der Waals surface area contributed by atoms with Crippen molar-refractivity contribution < 1.29 is 4.74 Å². The summed E-state index contributed by atoms with van der Waals surface area (Å²) in [6.07, 6.45) is 22.4. The first-order chi connectivity index (χ1) is 15.2. The fourth-order valence-electron chi connectivity index (χ4n) is 6.29. The van der Waals surface area contributed by atoms with Crippen molar-refractivity contribution >= 4 is 0 Å². The molecule has 0 saturated heterocycles. The van der Waals surface area contributed by atoms with Gasteiger partial charge in [0, 0.05) is 0 Å². The number of benzene rings is 1. The maximum Gasteiger partial charge on any atom is 0.119 e. The second kappa shape index (κ2) is 13.5. The van der Waals surface area contributed by atoms with Crippen LogP contribution in [0.4, 0.5) is 0 Å². The first kappa shape index (κ1) is 24.7. The van der Waals surface area contributed by atoms with Crippen molar-refractivity contribution in [3.05, 3.63) is 29.3 Å². The molecule has 0 spiro atoms. The van der Waals surface area contributed by atoms with Crippen LogP contribution in [0.25, 0.3) is 0 Å². The average Bonchev–Trinajstić information content (AvgIpc) is 2.82. The van der Waals surface area contributed by atoms with E-state index < -0.39 is 0 Å². The number of rotatable bonds is 12. The van der Waals surface area contributed by atoms with Gasteiger partial charge in [-0.3, -0.25) is 0 Å². The molecule has 2 aliphatic rings. The van der Waals surface area contributed by atoms with Gasteiger partial charge >= 0.3 is 0 Å². The van der Waals surface area contributed by atoms with E-state index in [-0.39, 0.29) is 0 Å². The highest BCUT2D eigenvalue weighted by Crippen LogP contribution is 2.45. The van der Waals surface area contributed by atoms with Crippen LogP contribution in [0.3, 0.4) is 0 Å². The molecule has 1 heteroatoms. The molecule has 1 aromatic carbocycles. The topological polar surface area (TPSA) is 9.23 Å². The van der Waals surface area contributed by atoms with Crippen LogP contribution in [0.2, 0.25) is 0 Å². The summed E-state index contributed by atoms with van der Waals surface area (Å²) in [5, 5.41) is 0. The van der Waals surface area contributed by atoms with Gasteiger partial charge in [0.2, 0.25) is 0 Å². The van der Waals surface area contributed by atoms with E-state index in [1.165, 1.54) is 96.3 Å². The molecular formula is C30H50O. The molecule has 1 aromatic rings. The molecule has 0 atom stereocenters. The summed E-state index contributed by atoms with van der Waals surface area (Å²) < 4.78 is 6.08. The van der Waals surface area contributed by atoms with Crippen LogP contribution < -0.4 is 4.74 Å². The third-order valence-electron chi connectivity index (χ3n) is 8.29. The highest BCUT2D eigenvalue weighted by molar-refractivity contribution is 5.40. The molecule has 1 nitrogen and oxygen atoms in total. The summed E-state index contributed by atoms with van der Waals surface area (Å²) in [5.74, 6) is 4.64. The lowest BCUT2D eigenvalue weighted by molar-refractivity contribution is 0.289. The van der Waals surface area contributed by atoms with Gasteiger partial charge in [-0.25, -0.2) is 0 Å². The summed E-state index contributed by atoms with van der Waals surface area (Å²) >= 11 is 0. The van der Waals surface area contributed by atoms with E-state index in [1.807, 2.05) is 0 Å². The van der Waals surface area contributed by atoms with Crippen molar-refractivity contribution in [2.24, 2.45) is 11.8 Å². The van der Waals surface area contributed by atoms with E-state index in [2.05, 4.69) is 39.0 Å². The first-order valence-corrected chi connectivity index (χ1v) is 14.0. The quantitative estimate of drug-likeness (QED) is 0.302. The van der Waals surface area contributed by atoms with Crippen molar-refractivity contribution in [1.29, 1.82) is 0 Å². The second-order valence-corrected chi connectivity index (χ2v) is 10.7. The van der Waals surface area contributed by atoms with Gasteiger partial charge < -0.3 is 4.74 Å². The van der Waals surface area contributed by atoms with Gasteiger partial charge in [0.05, 0.1) is 6.61 Å². The normalized spacial score (nSPS) is 26.7. The van der Waals surface area contributed by atoms with Crippen LogP contribution >= 0.6 is 0 Å². The molecule has 2 aliphatic carbocycles. The Bertz CT molecular complexity index is 605. The summed E-state index contributed by atoms with van der Waals surface area (Å²) in [7, 11) is 0. The zero-order chi connectivity index (χ0) is 21.9. The molecule has 2 fully saturated rings. The van der Waals surface area contributed by atoms with Gasteiger partial charge in [0.15, 0.2) is 0 Å². The van der Waals surface area contributed by atoms with Crippen molar-refractivity contribution in [3.8, 4) is 5.75 Å². The maximum absolute atomic E-state index is 6.08. The Morgan fingerprint density at radius 1 is 0.645 bits per heavy atom. The van der Waals surface area contributed by atoms with Crippen LogP contribution in [-0.4, -0.2) is 6.61 Å². The molecule has 0 amide bonds. The van der Waals surface area contributed by atoms with Crippen LogP contribution in [0.5, 0.6) is 5.75 Å². The van der Waals surface area contributed by atoms with Crippen molar-refractivity contribution in [2.45, 2.75) is 135 Å². The van der Waals surface area contributed by atoms with Gasteiger partial charge in [-0.15, -0.1) is 0 Å². The van der Waals surface area contributed by atoms with E-state index >= 15 is 0 Å². The molecule has 31 heavy (non-hydrogen) atoms. The molecule has 0 N–H and O–H groups in total. The van der Waals surface area contributed by atoms with Crippen LogP contribution in [0, 0.1) is 11.8 Å². The third-order valence-corrected chi connectivity index (χ3v) is 8.29. The summed E-state index contributed by atoms with van der Waals surface area (Å²) in [4.78, 5) is 0. The highest BCUT2D eigenvalue weighted by Gasteiger charge is 2.28. The number of ether oxygens (including phenoxy) is 1. The zero-order valence-electron chi connectivity index (χ0n) is 21.0. The van der Waals surface area contributed by atoms with E-state index in [4.69, 9.17) is 4.74 Å². The molecule has 0 aliphatic heterocycles. The Hall–Kier alpha value is -0.980. The van der Waals surface area contributed by atoms with Crippen molar-refractivity contribution in [3.63, 3.8) is 0 Å². The van der Waals surface area contributed by atoms with Crippen molar-refractivity contribution in [1.82, 2.24) is 0 Å². The average molecular weight is 427 g/mol. The lowest BCUT2D eigenvalue weighted by Crippen LogP contribution is -2.18. The Balaban J connectivity index is 1.66. The minimum atomic E-state index is 0.764. The molecule has 0 heterocycles. The van der Waals surface area contributed by atoms with Gasteiger partial charge in [-0.05, 0) is 105 Å². The van der Waals surface area contributed by atoms with E-state index in [9.17, 15) is 0 Å². The van der Waals surface area contributed by atoms with Gasteiger partial charge in [-0.2, -0.15) is 0 Å². The molecule has 0 radical (unpaired) electrons. The van der Waals surface area contributed by atoms with Gasteiger partial charge in [-0.1, -0.05) is 71.8 Å². The fraction of sp³-hybridized carbons (Fsp3) is 0.800. The Morgan fingerprint density at radius 3 is 1.81 bits per heavy atom. The third kappa shape index (κ3) is 7.54. The minimum absolute atomic E-state index is 0.764. The van der Waals surface area contributed by atoms with Gasteiger partial charge in [0.25, 0.3) is 0 Å². The molecular weight excluding hydrogens is 376 g/mol. The number of unbranched alkanes of at least 4 members (excludes halogenated alkanes) is 3. The Morgan fingerprint density at radius 2 is 1.23 bits per heavy atom. The summed E-state index contributed by atoms with van der Waals surface area (Å²) in [6.45, 7) is 7.69. The number of hydrogen-bond donors (Lipinski definition) is 0. The summed E-state index contributed by atoms with van der Waals surface area (Å²) in [5.41, 5.74) is 3.35. The van der Waals surface area contributed by atoms with E-state index in [1.54, 1.807) is 11.1 Å². The zero-order valence-corrected chi connectivity index (χ0v) is 21.0. The SMILES string of the molecule is CCCCCC1CCC(c2ccc(OCCC)cc2C2CCC(CCCC)CC2)CC1.